The fourth-order valence-electron chi connectivity index (χ4n) is 2.42. The van der Waals surface area contributed by atoms with Gasteiger partial charge in [0.05, 0.1) is 6.10 Å². The van der Waals surface area contributed by atoms with E-state index in [1.165, 1.54) is 0 Å². The molecule has 4 heteroatoms. The molecule has 2 atom stereocenters. The lowest BCUT2D eigenvalue weighted by Gasteiger charge is -2.40. The summed E-state index contributed by atoms with van der Waals surface area (Å²) in [5.74, 6) is -1.28. The van der Waals surface area contributed by atoms with E-state index in [-0.39, 0.29) is 11.2 Å². The second-order valence-electron chi connectivity index (χ2n) is 5.56. The number of halogens is 2. The number of hydrogen-bond acceptors (Lipinski definition) is 2. The molecule has 2 unspecified atom stereocenters. The predicted octanol–water partition coefficient (Wildman–Crippen LogP) is 3.28. The third kappa shape index (κ3) is 2.64. The molecule has 2 nitrogen and oxygen atoms in total. The third-order valence-corrected chi connectivity index (χ3v) is 3.63. The third-order valence-electron chi connectivity index (χ3n) is 3.63. The van der Waals surface area contributed by atoms with Gasteiger partial charge in [0.2, 0.25) is 0 Å². The Kier molecular flexibility index (Phi) is 3.57. The maximum Gasteiger partial charge on any atom is 0.165 e. The first-order valence-corrected chi connectivity index (χ1v) is 6.20. The Morgan fingerprint density at radius 2 is 2.06 bits per heavy atom. The molecule has 1 fully saturated rings. The number of aliphatic hydroxyl groups is 1. The predicted molar refractivity (Wildman–Crippen MR) is 64.4 cm³/mol. The van der Waals surface area contributed by atoms with Gasteiger partial charge in [-0.05, 0) is 36.8 Å². The molecule has 0 spiro atoms. The lowest BCUT2D eigenvalue weighted by molar-refractivity contribution is -0.0700. The van der Waals surface area contributed by atoms with Crippen LogP contribution in [0.3, 0.4) is 0 Å². The summed E-state index contributed by atoms with van der Waals surface area (Å²) < 4.78 is 32.0. The van der Waals surface area contributed by atoms with Gasteiger partial charge in [-0.1, -0.05) is 13.8 Å². The molecule has 1 aliphatic rings. The Bertz CT molecular complexity index is 432. The zero-order chi connectivity index (χ0) is 13.3. The number of hydrogen-bond donors (Lipinski definition) is 1. The van der Waals surface area contributed by atoms with Gasteiger partial charge in [-0.3, -0.25) is 0 Å². The minimum atomic E-state index is -0.672. The maximum absolute atomic E-state index is 13.5. The molecule has 1 aromatic rings. The van der Waals surface area contributed by atoms with E-state index in [4.69, 9.17) is 4.74 Å². The molecule has 0 aromatic heterocycles. The van der Waals surface area contributed by atoms with Crippen LogP contribution >= 0.6 is 0 Å². The molecule has 0 radical (unpaired) electrons. The van der Waals surface area contributed by atoms with Gasteiger partial charge in [-0.2, -0.15) is 0 Å². The van der Waals surface area contributed by atoms with Crippen molar-refractivity contribution in [3.8, 4) is 5.75 Å². The highest BCUT2D eigenvalue weighted by molar-refractivity contribution is 5.25. The van der Waals surface area contributed by atoms with Crippen molar-refractivity contribution < 1.29 is 18.6 Å². The van der Waals surface area contributed by atoms with Crippen molar-refractivity contribution in [3.05, 3.63) is 29.8 Å². The first-order chi connectivity index (χ1) is 8.40. The van der Waals surface area contributed by atoms with Crippen LogP contribution in [0.4, 0.5) is 8.78 Å². The van der Waals surface area contributed by atoms with E-state index in [0.29, 0.717) is 6.42 Å². The summed E-state index contributed by atoms with van der Waals surface area (Å²) in [5.41, 5.74) is -0.257. The van der Waals surface area contributed by atoms with E-state index in [1.807, 2.05) is 13.8 Å². The largest absolute Gasteiger partial charge is 0.485 e. The quantitative estimate of drug-likeness (QED) is 0.880. The van der Waals surface area contributed by atoms with Gasteiger partial charge in [0, 0.05) is 6.07 Å². The molecule has 0 saturated heterocycles. The topological polar surface area (TPSA) is 29.5 Å². The molecule has 1 saturated carbocycles. The lowest BCUT2D eigenvalue weighted by atomic mass is 9.73. The van der Waals surface area contributed by atoms with Crippen LogP contribution in [0.15, 0.2) is 18.2 Å². The second kappa shape index (κ2) is 4.84. The van der Waals surface area contributed by atoms with Crippen LogP contribution in [-0.2, 0) is 0 Å². The Morgan fingerprint density at radius 3 is 2.78 bits per heavy atom. The summed E-state index contributed by atoms with van der Waals surface area (Å²) in [6, 6.07) is 3.10. The average molecular weight is 256 g/mol. The summed E-state index contributed by atoms with van der Waals surface area (Å²) in [7, 11) is 0. The van der Waals surface area contributed by atoms with Gasteiger partial charge in [0.15, 0.2) is 11.6 Å². The van der Waals surface area contributed by atoms with E-state index in [0.717, 1.165) is 31.0 Å². The van der Waals surface area contributed by atoms with Crippen molar-refractivity contribution in [2.45, 2.75) is 45.3 Å². The minimum absolute atomic E-state index is 0.128. The van der Waals surface area contributed by atoms with E-state index in [2.05, 4.69) is 0 Å². The molecule has 1 aromatic carbocycles. The summed E-state index contributed by atoms with van der Waals surface area (Å²) >= 11 is 0. The highest BCUT2D eigenvalue weighted by atomic mass is 19.1. The van der Waals surface area contributed by atoms with E-state index in [1.54, 1.807) is 0 Å². The van der Waals surface area contributed by atoms with Crippen molar-refractivity contribution in [1.82, 2.24) is 0 Å². The summed E-state index contributed by atoms with van der Waals surface area (Å²) in [4.78, 5) is 0. The molecular weight excluding hydrogens is 238 g/mol. The summed E-state index contributed by atoms with van der Waals surface area (Å²) in [6.45, 7) is 3.91. The highest BCUT2D eigenvalue weighted by Crippen LogP contribution is 2.37. The van der Waals surface area contributed by atoms with Crippen LogP contribution in [0.25, 0.3) is 0 Å². The molecule has 100 valence electrons. The molecule has 1 aliphatic carbocycles. The Hall–Kier alpha value is -1.16. The number of aliphatic hydroxyl groups excluding tert-OH is 1. The molecule has 1 N–H and O–H groups in total. The second-order valence-corrected chi connectivity index (χ2v) is 5.56. The Balaban J connectivity index is 2.15. The van der Waals surface area contributed by atoms with Gasteiger partial charge in [0.1, 0.15) is 11.9 Å². The smallest absolute Gasteiger partial charge is 0.165 e. The first kappa shape index (κ1) is 13.3. The fourth-order valence-corrected chi connectivity index (χ4v) is 2.42. The standard InChI is InChI=1S/C14H18F2O2/c1-14(2)7-3-4-11(13(14)17)18-12-8-9(15)5-6-10(12)16/h5-6,8,11,13,17H,3-4,7H2,1-2H3. The van der Waals surface area contributed by atoms with E-state index < -0.39 is 23.8 Å². The van der Waals surface area contributed by atoms with Crippen molar-refractivity contribution in [1.29, 1.82) is 0 Å². The monoisotopic (exact) mass is 256 g/mol. The van der Waals surface area contributed by atoms with Crippen molar-refractivity contribution in [3.63, 3.8) is 0 Å². The van der Waals surface area contributed by atoms with Crippen LogP contribution in [0.1, 0.15) is 33.1 Å². The zero-order valence-electron chi connectivity index (χ0n) is 10.6. The molecule has 0 heterocycles. The van der Waals surface area contributed by atoms with Crippen LogP contribution in [0, 0.1) is 17.0 Å². The van der Waals surface area contributed by atoms with E-state index >= 15 is 0 Å². The SMILES string of the molecule is CC1(C)CCCC(Oc2cc(F)ccc2F)C1O. The van der Waals surface area contributed by atoms with Crippen LogP contribution in [0.2, 0.25) is 0 Å². The maximum atomic E-state index is 13.5. The Morgan fingerprint density at radius 1 is 1.33 bits per heavy atom. The summed E-state index contributed by atoms with van der Waals surface area (Å²) in [5, 5.41) is 10.2. The van der Waals surface area contributed by atoms with Crippen LogP contribution in [0.5, 0.6) is 5.75 Å². The number of ether oxygens (including phenoxy) is 1. The van der Waals surface area contributed by atoms with Gasteiger partial charge in [-0.25, -0.2) is 8.78 Å². The van der Waals surface area contributed by atoms with Crippen molar-refractivity contribution in [2.75, 3.05) is 0 Å². The molecule has 0 bridgehead atoms. The molecule has 0 amide bonds. The molecular formula is C14H18F2O2. The number of benzene rings is 1. The normalized spacial score (nSPS) is 26.9. The molecule has 0 aliphatic heterocycles. The first-order valence-electron chi connectivity index (χ1n) is 6.20. The van der Waals surface area contributed by atoms with Crippen LogP contribution < -0.4 is 4.74 Å². The molecule has 18 heavy (non-hydrogen) atoms. The fraction of sp³-hybridized carbons (Fsp3) is 0.571. The van der Waals surface area contributed by atoms with Crippen molar-refractivity contribution >= 4 is 0 Å². The summed E-state index contributed by atoms with van der Waals surface area (Å²) in [6.07, 6.45) is 1.31. The minimum Gasteiger partial charge on any atom is -0.485 e. The average Bonchev–Trinajstić information content (AvgIpc) is 2.30. The molecule has 2 rings (SSSR count). The highest BCUT2D eigenvalue weighted by Gasteiger charge is 2.39. The van der Waals surface area contributed by atoms with Gasteiger partial charge < -0.3 is 9.84 Å². The van der Waals surface area contributed by atoms with Crippen LogP contribution in [-0.4, -0.2) is 17.3 Å². The van der Waals surface area contributed by atoms with Gasteiger partial charge >= 0.3 is 0 Å². The Labute approximate surface area is 106 Å². The van der Waals surface area contributed by atoms with Gasteiger partial charge in [0.25, 0.3) is 0 Å². The van der Waals surface area contributed by atoms with Gasteiger partial charge in [-0.15, -0.1) is 0 Å². The van der Waals surface area contributed by atoms with Crippen molar-refractivity contribution in [2.24, 2.45) is 5.41 Å². The lowest BCUT2D eigenvalue weighted by Crippen LogP contribution is -2.46. The number of rotatable bonds is 2. The zero-order valence-corrected chi connectivity index (χ0v) is 10.6. The van der Waals surface area contributed by atoms with E-state index in [9.17, 15) is 13.9 Å².